The molecule has 2 aromatic carbocycles. The van der Waals surface area contributed by atoms with E-state index >= 15 is 0 Å². The standard InChI is InChI=1S/C21H25ClN2O/c1-2-16-7-9-19(10-8-16)23-21(25)17-11-13-24(14-12-17)15-18-5-3-4-6-20(18)22/h3-10,17H,2,11-15H2,1H3,(H,23,25). The highest BCUT2D eigenvalue weighted by Crippen LogP contribution is 2.23. The van der Waals surface area contributed by atoms with Crippen LogP contribution in [0, 0.1) is 5.92 Å². The number of benzene rings is 2. The van der Waals surface area contributed by atoms with Gasteiger partial charge in [0.05, 0.1) is 0 Å². The summed E-state index contributed by atoms with van der Waals surface area (Å²) in [7, 11) is 0. The van der Waals surface area contributed by atoms with Crippen molar-refractivity contribution in [2.24, 2.45) is 5.92 Å². The Morgan fingerprint density at radius 2 is 1.80 bits per heavy atom. The third-order valence-corrected chi connectivity index (χ3v) is 5.31. The van der Waals surface area contributed by atoms with E-state index in [9.17, 15) is 4.79 Å². The number of hydrogen-bond acceptors (Lipinski definition) is 2. The van der Waals surface area contributed by atoms with Gasteiger partial charge in [-0.1, -0.05) is 48.9 Å². The summed E-state index contributed by atoms with van der Waals surface area (Å²) in [5.41, 5.74) is 3.33. The number of halogens is 1. The maximum absolute atomic E-state index is 12.5. The predicted octanol–water partition coefficient (Wildman–Crippen LogP) is 4.75. The number of nitrogens with one attached hydrogen (secondary N) is 1. The molecule has 4 heteroatoms. The highest BCUT2D eigenvalue weighted by molar-refractivity contribution is 6.31. The predicted molar refractivity (Wildman–Crippen MR) is 104 cm³/mol. The second-order valence-corrected chi connectivity index (χ2v) is 7.09. The van der Waals surface area contributed by atoms with Crippen molar-refractivity contribution < 1.29 is 4.79 Å². The Hall–Kier alpha value is -1.84. The van der Waals surface area contributed by atoms with Crippen molar-refractivity contribution in [2.75, 3.05) is 18.4 Å². The number of anilines is 1. The Labute approximate surface area is 155 Å². The largest absolute Gasteiger partial charge is 0.326 e. The zero-order valence-electron chi connectivity index (χ0n) is 14.7. The van der Waals surface area contributed by atoms with Gasteiger partial charge in [-0.2, -0.15) is 0 Å². The summed E-state index contributed by atoms with van der Waals surface area (Å²) >= 11 is 6.24. The first-order chi connectivity index (χ1) is 12.2. The van der Waals surface area contributed by atoms with Crippen LogP contribution in [0.25, 0.3) is 0 Å². The summed E-state index contributed by atoms with van der Waals surface area (Å²) in [5.74, 6) is 0.231. The SMILES string of the molecule is CCc1ccc(NC(=O)C2CCN(Cc3ccccc3Cl)CC2)cc1. The maximum atomic E-state index is 12.5. The number of hydrogen-bond donors (Lipinski definition) is 1. The molecule has 0 unspecified atom stereocenters. The van der Waals surface area contributed by atoms with Gasteiger partial charge in [0.25, 0.3) is 0 Å². The Morgan fingerprint density at radius 1 is 1.12 bits per heavy atom. The average molecular weight is 357 g/mol. The van der Waals surface area contributed by atoms with Gasteiger partial charge in [0, 0.05) is 23.2 Å². The van der Waals surface area contributed by atoms with Crippen LogP contribution in [0.2, 0.25) is 5.02 Å². The molecule has 3 rings (SSSR count). The van der Waals surface area contributed by atoms with Gasteiger partial charge in [0.15, 0.2) is 0 Å². The Bertz CT molecular complexity index is 706. The fraction of sp³-hybridized carbons (Fsp3) is 0.381. The van der Waals surface area contributed by atoms with Crippen LogP contribution in [0.3, 0.4) is 0 Å². The van der Waals surface area contributed by atoms with Gasteiger partial charge in [-0.3, -0.25) is 9.69 Å². The van der Waals surface area contributed by atoms with Gasteiger partial charge < -0.3 is 5.32 Å². The van der Waals surface area contributed by atoms with Gasteiger partial charge in [-0.15, -0.1) is 0 Å². The van der Waals surface area contributed by atoms with Gasteiger partial charge in [0.1, 0.15) is 0 Å². The van der Waals surface area contributed by atoms with Crippen LogP contribution in [-0.4, -0.2) is 23.9 Å². The average Bonchev–Trinajstić information content (AvgIpc) is 2.65. The number of nitrogens with zero attached hydrogens (tertiary/aromatic N) is 1. The Kier molecular flexibility index (Phi) is 6.11. The van der Waals surface area contributed by atoms with Crippen molar-refractivity contribution in [3.8, 4) is 0 Å². The van der Waals surface area contributed by atoms with Crippen molar-refractivity contribution in [3.63, 3.8) is 0 Å². The molecule has 0 radical (unpaired) electrons. The number of carbonyl (C=O) groups excluding carboxylic acids is 1. The summed E-state index contributed by atoms with van der Waals surface area (Å²) < 4.78 is 0. The molecule has 0 spiro atoms. The lowest BCUT2D eigenvalue weighted by molar-refractivity contribution is -0.121. The molecule has 1 aliphatic rings. The molecule has 2 aromatic rings. The molecule has 1 aliphatic heterocycles. The van der Waals surface area contributed by atoms with E-state index in [0.29, 0.717) is 0 Å². The summed E-state index contributed by atoms with van der Waals surface area (Å²) in [5, 5.41) is 3.88. The molecule has 0 atom stereocenters. The summed E-state index contributed by atoms with van der Waals surface area (Å²) in [6.45, 7) is 4.84. The number of carbonyl (C=O) groups is 1. The van der Waals surface area contributed by atoms with E-state index in [1.807, 2.05) is 30.3 Å². The third-order valence-electron chi connectivity index (χ3n) is 4.94. The van der Waals surface area contributed by atoms with E-state index < -0.39 is 0 Å². The van der Waals surface area contributed by atoms with Crippen LogP contribution >= 0.6 is 11.6 Å². The van der Waals surface area contributed by atoms with Gasteiger partial charge >= 0.3 is 0 Å². The molecule has 132 valence electrons. The first kappa shape index (κ1) is 18.0. The van der Waals surface area contributed by atoms with Crippen LogP contribution in [0.15, 0.2) is 48.5 Å². The van der Waals surface area contributed by atoms with E-state index in [-0.39, 0.29) is 11.8 Å². The Morgan fingerprint density at radius 3 is 2.44 bits per heavy atom. The molecular formula is C21H25ClN2O. The lowest BCUT2D eigenvalue weighted by atomic mass is 9.95. The molecule has 1 heterocycles. The lowest BCUT2D eigenvalue weighted by Crippen LogP contribution is -2.37. The number of rotatable bonds is 5. The lowest BCUT2D eigenvalue weighted by Gasteiger charge is -2.31. The van der Waals surface area contributed by atoms with Crippen molar-refractivity contribution in [1.82, 2.24) is 4.90 Å². The van der Waals surface area contributed by atoms with Crippen LogP contribution in [0.1, 0.15) is 30.9 Å². The third kappa shape index (κ3) is 4.83. The molecular weight excluding hydrogens is 332 g/mol. The smallest absolute Gasteiger partial charge is 0.227 e. The molecule has 1 amide bonds. The number of amides is 1. The van der Waals surface area contributed by atoms with Crippen molar-refractivity contribution >= 4 is 23.2 Å². The summed E-state index contributed by atoms with van der Waals surface area (Å²) in [6, 6.07) is 16.1. The van der Waals surface area contributed by atoms with Gasteiger partial charge in [-0.05, 0) is 61.7 Å². The number of piperidine rings is 1. The van der Waals surface area contributed by atoms with E-state index in [0.717, 1.165) is 55.2 Å². The zero-order valence-corrected chi connectivity index (χ0v) is 15.4. The van der Waals surface area contributed by atoms with Gasteiger partial charge in [-0.25, -0.2) is 0 Å². The van der Waals surface area contributed by atoms with E-state index in [4.69, 9.17) is 11.6 Å². The van der Waals surface area contributed by atoms with E-state index in [1.54, 1.807) is 0 Å². The van der Waals surface area contributed by atoms with Crippen LogP contribution in [0.5, 0.6) is 0 Å². The monoisotopic (exact) mass is 356 g/mol. The minimum Gasteiger partial charge on any atom is -0.326 e. The quantitative estimate of drug-likeness (QED) is 0.838. The van der Waals surface area contributed by atoms with E-state index in [2.05, 4.69) is 35.3 Å². The molecule has 3 nitrogen and oxygen atoms in total. The molecule has 1 N–H and O–H groups in total. The minimum atomic E-state index is 0.0911. The van der Waals surface area contributed by atoms with Crippen molar-refractivity contribution in [1.29, 1.82) is 0 Å². The fourth-order valence-electron chi connectivity index (χ4n) is 3.29. The van der Waals surface area contributed by atoms with Crippen LogP contribution in [0.4, 0.5) is 5.69 Å². The fourth-order valence-corrected chi connectivity index (χ4v) is 3.48. The molecule has 0 saturated carbocycles. The molecule has 0 aliphatic carbocycles. The van der Waals surface area contributed by atoms with Crippen molar-refractivity contribution in [2.45, 2.75) is 32.7 Å². The normalized spacial score (nSPS) is 15.9. The number of likely N-dealkylation sites (tertiary alicyclic amines) is 1. The topological polar surface area (TPSA) is 32.3 Å². The maximum Gasteiger partial charge on any atom is 0.227 e. The summed E-state index contributed by atoms with van der Waals surface area (Å²) in [6.07, 6.45) is 2.80. The second kappa shape index (κ2) is 8.50. The summed E-state index contributed by atoms with van der Waals surface area (Å²) in [4.78, 5) is 14.9. The second-order valence-electron chi connectivity index (χ2n) is 6.68. The first-order valence-electron chi connectivity index (χ1n) is 9.01. The molecule has 0 aromatic heterocycles. The van der Waals surface area contributed by atoms with Crippen molar-refractivity contribution in [3.05, 3.63) is 64.7 Å². The highest BCUT2D eigenvalue weighted by atomic mass is 35.5. The van der Waals surface area contributed by atoms with Crippen LogP contribution in [-0.2, 0) is 17.8 Å². The number of aryl methyl sites for hydroxylation is 1. The molecule has 0 bridgehead atoms. The molecule has 1 saturated heterocycles. The van der Waals surface area contributed by atoms with E-state index in [1.165, 1.54) is 5.56 Å². The van der Waals surface area contributed by atoms with Crippen LogP contribution < -0.4 is 5.32 Å². The first-order valence-corrected chi connectivity index (χ1v) is 9.39. The molecule has 25 heavy (non-hydrogen) atoms. The molecule has 1 fully saturated rings. The highest BCUT2D eigenvalue weighted by Gasteiger charge is 2.25. The van der Waals surface area contributed by atoms with Gasteiger partial charge in [0.2, 0.25) is 5.91 Å². The Balaban J connectivity index is 1.49. The zero-order chi connectivity index (χ0) is 17.6. The minimum absolute atomic E-state index is 0.0911.